The Hall–Kier alpha value is -1.86. The molecule has 1 amide bonds. The van der Waals surface area contributed by atoms with Crippen LogP contribution >= 0.6 is 27.3 Å². The second-order valence-electron chi connectivity index (χ2n) is 4.07. The zero-order valence-corrected chi connectivity index (χ0v) is 13.2. The summed E-state index contributed by atoms with van der Waals surface area (Å²) < 4.78 is 6.35. The fourth-order valence-corrected chi connectivity index (χ4v) is 2.67. The van der Waals surface area contributed by atoms with E-state index in [-0.39, 0.29) is 23.8 Å². The normalized spacial score (nSPS) is 10.1. The number of halogens is 1. The lowest BCUT2D eigenvalue weighted by Gasteiger charge is -2.07. The van der Waals surface area contributed by atoms with Crippen molar-refractivity contribution in [3.05, 3.63) is 45.1 Å². The molecule has 0 atom stereocenters. The van der Waals surface area contributed by atoms with Crippen LogP contribution in [-0.4, -0.2) is 23.6 Å². The average Bonchev–Trinajstić information content (AvgIpc) is 2.87. The van der Waals surface area contributed by atoms with Crippen LogP contribution in [0.4, 0.5) is 5.69 Å². The number of amides is 1. The van der Waals surface area contributed by atoms with E-state index < -0.39 is 5.97 Å². The van der Waals surface area contributed by atoms with Gasteiger partial charge in [-0.3, -0.25) is 4.79 Å². The summed E-state index contributed by atoms with van der Waals surface area (Å²) in [6, 6.07) is 8.89. The first kappa shape index (κ1) is 15.5. The van der Waals surface area contributed by atoms with Crippen molar-refractivity contribution in [2.24, 2.45) is 0 Å². The van der Waals surface area contributed by atoms with Crippen LogP contribution in [0.2, 0.25) is 0 Å². The highest BCUT2D eigenvalue weighted by Crippen LogP contribution is 2.22. The molecule has 7 heteroatoms. The summed E-state index contributed by atoms with van der Waals surface area (Å²) >= 11 is 4.40. The predicted octanol–water partition coefficient (Wildman–Crippen LogP) is 3.62. The third-order valence-corrected chi connectivity index (χ3v) is 3.92. The molecule has 0 saturated carbocycles. The molecule has 0 bridgehead atoms. The fraction of sp³-hybridized carbons (Fsp3) is 0.143. The molecule has 0 aliphatic rings. The Morgan fingerprint density at radius 1 is 1.33 bits per heavy atom. The second-order valence-corrected chi connectivity index (χ2v) is 5.90. The fourth-order valence-electron chi connectivity index (χ4n) is 1.60. The third kappa shape index (κ3) is 4.57. The molecule has 0 radical (unpaired) electrons. The Labute approximate surface area is 133 Å². The quantitative estimate of drug-likeness (QED) is 0.815. The standard InChI is InChI=1S/C14H12BrNO4S/c15-9-2-1-3-10(8-9)20-6-4-12(17)16-11-5-7-21-13(11)14(18)19/h1-3,5,7-8H,4,6H2,(H,16,17)(H,18,19). The molecule has 1 aromatic heterocycles. The number of rotatable bonds is 6. The highest BCUT2D eigenvalue weighted by molar-refractivity contribution is 9.10. The number of hydrogen-bond donors (Lipinski definition) is 2. The molecular weight excluding hydrogens is 358 g/mol. The Balaban J connectivity index is 1.82. The molecule has 1 heterocycles. The van der Waals surface area contributed by atoms with E-state index in [1.165, 1.54) is 0 Å². The maximum Gasteiger partial charge on any atom is 0.348 e. The van der Waals surface area contributed by atoms with Gasteiger partial charge in [-0.2, -0.15) is 0 Å². The number of nitrogens with one attached hydrogen (secondary N) is 1. The van der Waals surface area contributed by atoms with Gasteiger partial charge in [-0.05, 0) is 29.6 Å². The SMILES string of the molecule is O=C(CCOc1cccc(Br)c1)Nc1ccsc1C(=O)O. The molecule has 0 aliphatic carbocycles. The summed E-state index contributed by atoms with van der Waals surface area (Å²) in [7, 11) is 0. The number of thiophene rings is 1. The zero-order valence-electron chi connectivity index (χ0n) is 10.8. The first-order valence-corrected chi connectivity index (χ1v) is 7.72. The molecule has 2 N–H and O–H groups in total. The highest BCUT2D eigenvalue weighted by atomic mass is 79.9. The number of hydrogen-bond acceptors (Lipinski definition) is 4. The molecule has 0 spiro atoms. The summed E-state index contributed by atoms with van der Waals surface area (Å²) in [5.41, 5.74) is 0.319. The first-order chi connectivity index (χ1) is 10.1. The van der Waals surface area contributed by atoms with Gasteiger partial charge in [0.25, 0.3) is 0 Å². The van der Waals surface area contributed by atoms with Gasteiger partial charge < -0.3 is 15.2 Å². The van der Waals surface area contributed by atoms with E-state index in [1.807, 2.05) is 12.1 Å². The number of anilines is 1. The largest absolute Gasteiger partial charge is 0.493 e. The smallest absolute Gasteiger partial charge is 0.348 e. The molecule has 110 valence electrons. The van der Waals surface area contributed by atoms with Crippen LogP contribution in [-0.2, 0) is 4.79 Å². The van der Waals surface area contributed by atoms with Crippen LogP contribution in [0.1, 0.15) is 16.1 Å². The molecule has 0 unspecified atom stereocenters. The van der Waals surface area contributed by atoms with E-state index in [0.29, 0.717) is 11.4 Å². The van der Waals surface area contributed by atoms with Crippen LogP contribution < -0.4 is 10.1 Å². The lowest BCUT2D eigenvalue weighted by atomic mass is 10.3. The lowest BCUT2D eigenvalue weighted by Crippen LogP contribution is -2.16. The van der Waals surface area contributed by atoms with Crippen LogP contribution in [0, 0.1) is 0 Å². The zero-order chi connectivity index (χ0) is 15.2. The number of carboxylic acids is 1. The predicted molar refractivity (Wildman–Crippen MR) is 84.2 cm³/mol. The number of carboxylic acid groups (broad SMARTS) is 1. The van der Waals surface area contributed by atoms with E-state index in [9.17, 15) is 9.59 Å². The van der Waals surface area contributed by atoms with Crippen LogP contribution in [0.15, 0.2) is 40.2 Å². The molecule has 0 fully saturated rings. The number of carbonyl (C=O) groups is 2. The highest BCUT2D eigenvalue weighted by Gasteiger charge is 2.13. The Bertz CT molecular complexity index is 656. The number of aromatic carboxylic acids is 1. The van der Waals surface area contributed by atoms with Gasteiger partial charge in [0, 0.05) is 4.47 Å². The van der Waals surface area contributed by atoms with Crippen molar-refractivity contribution in [1.29, 1.82) is 0 Å². The van der Waals surface area contributed by atoms with Gasteiger partial charge in [0.2, 0.25) is 5.91 Å². The van der Waals surface area contributed by atoms with Gasteiger partial charge in [-0.25, -0.2) is 4.79 Å². The summed E-state index contributed by atoms with van der Waals surface area (Å²) in [4.78, 5) is 22.8. The van der Waals surface area contributed by atoms with E-state index in [0.717, 1.165) is 15.8 Å². The Morgan fingerprint density at radius 3 is 2.86 bits per heavy atom. The van der Waals surface area contributed by atoms with Crippen LogP contribution in [0.25, 0.3) is 0 Å². The maximum atomic E-state index is 11.8. The summed E-state index contributed by atoms with van der Waals surface area (Å²) in [5.74, 6) is -0.671. The molecule has 0 saturated heterocycles. The Morgan fingerprint density at radius 2 is 2.14 bits per heavy atom. The molecule has 2 rings (SSSR count). The van der Waals surface area contributed by atoms with E-state index in [1.54, 1.807) is 23.6 Å². The maximum absolute atomic E-state index is 11.8. The number of ether oxygens (including phenoxy) is 1. The number of carbonyl (C=O) groups excluding carboxylic acids is 1. The van der Waals surface area contributed by atoms with Gasteiger partial charge in [0.1, 0.15) is 10.6 Å². The Kier molecular flexibility index (Phi) is 5.35. The van der Waals surface area contributed by atoms with Gasteiger partial charge in [0.05, 0.1) is 18.7 Å². The van der Waals surface area contributed by atoms with Gasteiger partial charge in [0.15, 0.2) is 0 Å². The minimum Gasteiger partial charge on any atom is -0.493 e. The van der Waals surface area contributed by atoms with Crippen molar-refractivity contribution in [1.82, 2.24) is 0 Å². The van der Waals surface area contributed by atoms with Crippen molar-refractivity contribution < 1.29 is 19.4 Å². The van der Waals surface area contributed by atoms with Crippen LogP contribution in [0.3, 0.4) is 0 Å². The third-order valence-electron chi connectivity index (χ3n) is 2.53. The molecule has 2 aromatic rings. The second kappa shape index (κ2) is 7.24. The van der Waals surface area contributed by atoms with Crippen molar-refractivity contribution in [3.8, 4) is 5.75 Å². The van der Waals surface area contributed by atoms with Gasteiger partial charge in [-0.15, -0.1) is 11.3 Å². The summed E-state index contributed by atoms with van der Waals surface area (Å²) in [6.45, 7) is 0.217. The van der Waals surface area contributed by atoms with Gasteiger partial charge >= 0.3 is 5.97 Å². The van der Waals surface area contributed by atoms with E-state index in [4.69, 9.17) is 9.84 Å². The van der Waals surface area contributed by atoms with E-state index in [2.05, 4.69) is 21.2 Å². The molecular formula is C14H12BrNO4S. The molecule has 0 aliphatic heterocycles. The minimum atomic E-state index is -1.05. The summed E-state index contributed by atoms with van der Waals surface area (Å²) in [5, 5.41) is 13.1. The molecule has 5 nitrogen and oxygen atoms in total. The topological polar surface area (TPSA) is 75.6 Å². The van der Waals surface area contributed by atoms with Crippen molar-refractivity contribution >= 4 is 44.8 Å². The van der Waals surface area contributed by atoms with Crippen molar-refractivity contribution in [2.75, 3.05) is 11.9 Å². The van der Waals surface area contributed by atoms with Crippen molar-refractivity contribution in [2.45, 2.75) is 6.42 Å². The van der Waals surface area contributed by atoms with Crippen LogP contribution in [0.5, 0.6) is 5.75 Å². The van der Waals surface area contributed by atoms with Gasteiger partial charge in [-0.1, -0.05) is 22.0 Å². The minimum absolute atomic E-state index is 0.122. The summed E-state index contributed by atoms with van der Waals surface area (Å²) in [6.07, 6.45) is 0.140. The lowest BCUT2D eigenvalue weighted by molar-refractivity contribution is -0.116. The van der Waals surface area contributed by atoms with E-state index >= 15 is 0 Å². The monoisotopic (exact) mass is 369 g/mol. The average molecular weight is 370 g/mol. The number of benzene rings is 1. The van der Waals surface area contributed by atoms with Crippen molar-refractivity contribution in [3.63, 3.8) is 0 Å². The molecule has 21 heavy (non-hydrogen) atoms. The first-order valence-electron chi connectivity index (χ1n) is 6.05. The molecule has 1 aromatic carbocycles.